The van der Waals surface area contributed by atoms with E-state index in [0.717, 1.165) is 5.17 Å². The summed E-state index contributed by atoms with van der Waals surface area (Å²) in [5, 5.41) is 2.43. The summed E-state index contributed by atoms with van der Waals surface area (Å²) >= 11 is 1.51. The third-order valence-electron chi connectivity index (χ3n) is 2.98. The van der Waals surface area contributed by atoms with E-state index >= 15 is 0 Å². The molecule has 0 aromatic rings. The molecule has 1 aliphatic carbocycles. The Hall–Kier alpha value is -0.750. The molecule has 0 aromatic heterocycles. The lowest BCUT2D eigenvalue weighted by atomic mass is 10.0. The minimum absolute atomic E-state index is 0.00699. The van der Waals surface area contributed by atoms with Gasteiger partial charge in [0, 0.05) is 5.92 Å². The molecule has 1 aliphatic heterocycles. The van der Waals surface area contributed by atoms with Gasteiger partial charge in [0.25, 0.3) is 0 Å². The van der Waals surface area contributed by atoms with E-state index in [-0.39, 0.29) is 6.17 Å². The Morgan fingerprint density at radius 3 is 2.67 bits per heavy atom. The topological polar surface area (TPSA) is 80.0 Å². The summed E-state index contributed by atoms with van der Waals surface area (Å²) < 4.78 is 0. The Kier molecular flexibility index (Phi) is 3.16. The first-order valence-corrected chi connectivity index (χ1v) is 6.44. The van der Waals surface area contributed by atoms with Gasteiger partial charge in [0.15, 0.2) is 5.17 Å². The van der Waals surface area contributed by atoms with Crippen molar-refractivity contribution in [1.82, 2.24) is 5.01 Å². The second-order valence-electron chi connectivity index (χ2n) is 3.95. The van der Waals surface area contributed by atoms with Gasteiger partial charge in [-0.1, -0.05) is 24.6 Å². The molecule has 2 aliphatic rings. The summed E-state index contributed by atoms with van der Waals surface area (Å²) in [6.45, 7) is 0. The second kappa shape index (κ2) is 4.40. The molecule has 84 valence electrons. The monoisotopic (exact) mass is 227 g/mol. The zero-order chi connectivity index (χ0) is 10.8. The number of aliphatic imine (C=N–C) groups is 2. The highest BCUT2D eigenvalue weighted by Gasteiger charge is 2.32. The van der Waals surface area contributed by atoms with Crippen molar-refractivity contribution in [2.24, 2.45) is 27.5 Å². The number of hydrogen-bond donors (Lipinski definition) is 2. The minimum atomic E-state index is -0.00699. The Bertz CT molecular complexity index is 295. The van der Waals surface area contributed by atoms with E-state index in [1.807, 2.05) is 6.26 Å². The molecule has 1 atom stereocenters. The number of nitrogens with zero attached hydrogens (tertiary/aromatic N) is 3. The standard InChI is InChI=1S/C9H17N5S/c1-15-9-13-8(10)12-7(14(9)11)6-4-2-3-5-6/h6-7H,2-5,11H2,1H3,(H2,10,12). The first-order valence-electron chi connectivity index (χ1n) is 5.22. The predicted molar refractivity (Wildman–Crippen MR) is 64.3 cm³/mol. The molecule has 1 unspecified atom stereocenters. The number of nitrogens with two attached hydrogens (primary N) is 2. The second-order valence-corrected chi connectivity index (χ2v) is 4.72. The van der Waals surface area contributed by atoms with Crippen LogP contribution < -0.4 is 11.6 Å². The normalized spacial score (nSPS) is 27.9. The van der Waals surface area contributed by atoms with Crippen molar-refractivity contribution in [1.29, 1.82) is 0 Å². The van der Waals surface area contributed by atoms with Gasteiger partial charge in [0.1, 0.15) is 6.17 Å². The van der Waals surface area contributed by atoms with Crippen LogP contribution in [0.15, 0.2) is 9.98 Å². The lowest BCUT2D eigenvalue weighted by molar-refractivity contribution is 0.239. The van der Waals surface area contributed by atoms with Crippen molar-refractivity contribution in [3.05, 3.63) is 0 Å². The molecule has 0 amide bonds. The van der Waals surface area contributed by atoms with Crippen molar-refractivity contribution < 1.29 is 0 Å². The molecular formula is C9H17N5S. The molecule has 1 heterocycles. The molecule has 0 bridgehead atoms. The smallest absolute Gasteiger partial charge is 0.219 e. The maximum atomic E-state index is 5.99. The number of rotatable bonds is 1. The Balaban J connectivity index is 2.15. The third kappa shape index (κ3) is 2.10. The molecule has 0 spiro atoms. The fourth-order valence-corrected chi connectivity index (χ4v) is 2.74. The van der Waals surface area contributed by atoms with Crippen LogP contribution in [0.4, 0.5) is 0 Å². The van der Waals surface area contributed by atoms with Crippen LogP contribution in [0.5, 0.6) is 0 Å². The average Bonchev–Trinajstić information content (AvgIpc) is 2.74. The Morgan fingerprint density at radius 2 is 2.07 bits per heavy atom. The van der Waals surface area contributed by atoms with Crippen LogP contribution in [0, 0.1) is 5.92 Å². The summed E-state index contributed by atoms with van der Waals surface area (Å²) in [5.41, 5.74) is 5.69. The summed E-state index contributed by atoms with van der Waals surface area (Å²) in [6, 6.07) is 0. The highest BCUT2D eigenvalue weighted by Crippen LogP contribution is 2.31. The summed E-state index contributed by atoms with van der Waals surface area (Å²) in [4.78, 5) is 8.45. The largest absolute Gasteiger partial charge is 0.368 e. The van der Waals surface area contributed by atoms with Crippen LogP contribution in [0.25, 0.3) is 0 Å². The van der Waals surface area contributed by atoms with Gasteiger partial charge < -0.3 is 5.73 Å². The molecule has 1 saturated carbocycles. The fraction of sp³-hybridized carbons (Fsp3) is 0.778. The van der Waals surface area contributed by atoms with Gasteiger partial charge in [-0.25, -0.2) is 10.8 Å². The molecule has 0 radical (unpaired) electrons. The molecule has 0 saturated heterocycles. The van der Waals surface area contributed by atoms with E-state index in [0.29, 0.717) is 11.9 Å². The Labute approximate surface area is 94.0 Å². The van der Waals surface area contributed by atoms with Gasteiger partial charge in [-0.3, -0.25) is 5.01 Å². The van der Waals surface area contributed by atoms with Crippen LogP contribution >= 0.6 is 11.8 Å². The van der Waals surface area contributed by atoms with Crippen LogP contribution in [-0.4, -0.2) is 28.6 Å². The molecule has 4 N–H and O–H groups in total. The van der Waals surface area contributed by atoms with Gasteiger partial charge in [-0.15, -0.1) is 0 Å². The van der Waals surface area contributed by atoms with Crippen molar-refractivity contribution in [3.63, 3.8) is 0 Å². The summed E-state index contributed by atoms with van der Waals surface area (Å²) in [5.74, 6) is 6.89. The highest BCUT2D eigenvalue weighted by molar-refractivity contribution is 8.13. The van der Waals surface area contributed by atoms with E-state index in [2.05, 4.69) is 9.98 Å². The fourth-order valence-electron chi connectivity index (χ4n) is 2.23. The van der Waals surface area contributed by atoms with Crippen molar-refractivity contribution in [2.45, 2.75) is 31.8 Å². The van der Waals surface area contributed by atoms with Crippen LogP contribution in [0.3, 0.4) is 0 Å². The predicted octanol–water partition coefficient (Wildman–Crippen LogP) is 0.726. The van der Waals surface area contributed by atoms with E-state index in [1.165, 1.54) is 37.4 Å². The first kappa shape index (κ1) is 10.8. The van der Waals surface area contributed by atoms with Crippen molar-refractivity contribution in [2.75, 3.05) is 6.26 Å². The lowest BCUT2D eigenvalue weighted by Crippen LogP contribution is -2.50. The van der Waals surface area contributed by atoms with Crippen LogP contribution in [0.2, 0.25) is 0 Å². The highest BCUT2D eigenvalue weighted by atomic mass is 32.2. The van der Waals surface area contributed by atoms with Gasteiger partial charge in [0.05, 0.1) is 0 Å². The third-order valence-corrected chi connectivity index (χ3v) is 3.65. The van der Waals surface area contributed by atoms with Gasteiger partial charge in [0.2, 0.25) is 5.96 Å². The Morgan fingerprint density at radius 1 is 1.40 bits per heavy atom. The van der Waals surface area contributed by atoms with Crippen molar-refractivity contribution >= 4 is 22.9 Å². The number of hydrogen-bond acceptors (Lipinski definition) is 6. The number of hydrazine groups is 1. The lowest BCUT2D eigenvalue weighted by Gasteiger charge is -2.32. The number of guanidine groups is 1. The number of amidine groups is 1. The summed E-state index contributed by atoms with van der Waals surface area (Å²) in [6.07, 6.45) is 6.87. The van der Waals surface area contributed by atoms with Crippen LogP contribution in [-0.2, 0) is 0 Å². The van der Waals surface area contributed by atoms with Crippen molar-refractivity contribution in [3.8, 4) is 0 Å². The van der Waals surface area contributed by atoms with Gasteiger partial charge >= 0.3 is 0 Å². The molecule has 0 aromatic carbocycles. The molecule has 5 nitrogen and oxygen atoms in total. The average molecular weight is 227 g/mol. The SMILES string of the molecule is CSC1=NC(N)=NC(C2CCCC2)N1N. The minimum Gasteiger partial charge on any atom is -0.368 e. The van der Waals surface area contributed by atoms with E-state index < -0.39 is 0 Å². The van der Waals surface area contributed by atoms with Crippen LogP contribution in [0.1, 0.15) is 25.7 Å². The van der Waals surface area contributed by atoms with Gasteiger partial charge in [-0.2, -0.15) is 4.99 Å². The summed E-state index contributed by atoms with van der Waals surface area (Å²) in [7, 11) is 0. The number of thioether (sulfide) groups is 1. The molecule has 6 heteroatoms. The van der Waals surface area contributed by atoms with E-state index in [1.54, 1.807) is 5.01 Å². The van der Waals surface area contributed by atoms with Gasteiger partial charge in [-0.05, 0) is 19.1 Å². The molecular weight excluding hydrogens is 210 g/mol. The zero-order valence-corrected chi connectivity index (χ0v) is 9.70. The first-order chi connectivity index (χ1) is 7.22. The maximum Gasteiger partial charge on any atom is 0.219 e. The van der Waals surface area contributed by atoms with E-state index in [4.69, 9.17) is 11.6 Å². The molecule has 15 heavy (non-hydrogen) atoms. The van der Waals surface area contributed by atoms with E-state index in [9.17, 15) is 0 Å². The maximum absolute atomic E-state index is 5.99. The molecule has 1 fully saturated rings. The zero-order valence-electron chi connectivity index (χ0n) is 8.89. The molecule has 2 rings (SSSR count). The quantitative estimate of drug-likeness (QED) is 0.647.